The van der Waals surface area contributed by atoms with Crippen LogP contribution in [0.2, 0.25) is 0 Å². The van der Waals surface area contributed by atoms with E-state index in [4.69, 9.17) is 4.42 Å². The zero-order valence-electron chi connectivity index (χ0n) is 14.6. The second kappa shape index (κ2) is 6.55. The van der Waals surface area contributed by atoms with E-state index < -0.39 is 29.4 Å². The van der Waals surface area contributed by atoms with Gasteiger partial charge in [0.1, 0.15) is 10.9 Å². The number of ketones is 2. The number of benzene rings is 1. The molecule has 1 saturated heterocycles. The van der Waals surface area contributed by atoms with Gasteiger partial charge in [-0.1, -0.05) is 41.2 Å². The Labute approximate surface area is 158 Å². The summed E-state index contributed by atoms with van der Waals surface area (Å²) in [4.78, 5) is 39.8. The first kappa shape index (κ1) is 17.3. The highest BCUT2D eigenvalue weighted by Crippen LogP contribution is 2.42. The lowest BCUT2D eigenvalue weighted by atomic mass is 9.88. The molecule has 0 bridgehead atoms. The molecule has 3 aromatic rings. The number of hydrogen-bond acceptors (Lipinski definition) is 7. The Bertz CT molecular complexity index is 1020. The van der Waals surface area contributed by atoms with Gasteiger partial charge in [0.05, 0.1) is 12.3 Å². The van der Waals surface area contributed by atoms with Crippen LogP contribution in [0.5, 0.6) is 0 Å². The van der Waals surface area contributed by atoms with E-state index in [1.165, 1.54) is 28.6 Å². The van der Waals surface area contributed by atoms with Gasteiger partial charge in [-0.25, -0.2) is 0 Å². The molecule has 3 heterocycles. The quantitative estimate of drug-likeness (QED) is 0.392. The van der Waals surface area contributed by atoms with Crippen LogP contribution in [0.25, 0.3) is 0 Å². The lowest BCUT2D eigenvalue weighted by molar-refractivity contribution is -0.135. The zero-order valence-corrected chi connectivity index (χ0v) is 15.4. The van der Waals surface area contributed by atoms with Gasteiger partial charge in [0.2, 0.25) is 16.7 Å². The molecule has 2 unspecified atom stereocenters. The third-order valence-electron chi connectivity index (χ3n) is 4.49. The van der Waals surface area contributed by atoms with E-state index in [0.29, 0.717) is 15.7 Å². The molecule has 1 fully saturated rings. The lowest BCUT2D eigenvalue weighted by Crippen LogP contribution is -2.30. The zero-order chi connectivity index (χ0) is 19.1. The highest BCUT2D eigenvalue weighted by atomic mass is 32.1. The molecule has 2 aromatic heterocycles. The second-order valence-electron chi connectivity index (χ2n) is 6.32. The Hall–Kier alpha value is -3.13. The maximum Gasteiger partial charge on any atom is 0.297 e. The van der Waals surface area contributed by atoms with E-state index >= 15 is 0 Å². The van der Waals surface area contributed by atoms with Gasteiger partial charge < -0.3 is 4.42 Å². The van der Waals surface area contributed by atoms with Crippen molar-refractivity contribution in [1.29, 1.82) is 0 Å². The van der Waals surface area contributed by atoms with E-state index in [0.717, 1.165) is 5.56 Å². The first-order chi connectivity index (χ1) is 13.0. The molecule has 1 aliphatic rings. The van der Waals surface area contributed by atoms with Crippen LogP contribution in [0, 0.1) is 19.8 Å². The summed E-state index contributed by atoms with van der Waals surface area (Å²) in [5.41, 5.74) is 1.71. The van der Waals surface area contributed by atoms with E-state index in [1.54, 1.807) is 13.0 Å². The first-order valence-electron chi connectivity index (χ1n) is 8.29. The van der Waals surface area contributed by atoms with Gasteiger partial charge in [-0.2, -0.15) is 0 Å². The smallest absolute Gasteiger partial charge is 0.297 e. The standard InChI is InChI=1S/C19H15N3O4S/c1-10-5-7-12(8-6-10)15-14(16(23)13-4-3-9-26-13)17(24)18(25)22(15)19-21-20-11(2)27-19/h3-9,14-15H,1-2H3. The highest BCUT2D eigenvalue weighted by Gasteiger charge is 2.53. The normalized spacial score (nSPS) is 19.7. The van der Waals surface area contributed by atoms with Crippen molar-refractivity contribution in [2.24, 2.45) is 5.92 Å². The van der Waals surface area contributed by atoms with Gasteiger partial charge >= 0.3 is 0 Å². The molecular formula is C19H15N3O4S. The molecule has 0 spiro atoms. The summed E-state index contributed by atoms with van der Waals surface area (Å²) in [7, 11) is 0. The van der Waals surface area contributed by atoms with Crippen LogP contribution in [0.1, 0.15) is 32.7 Å². The lowest BCUT2D eigenvalue weighted by Gasteiger charge is -2.24. The topological polar surface area (TPSA) is 93.4 Å². The number of carbonyl (C=O) groups is 3. The van der Waals surface area contributed by atoms with Crippen molar-refractivity contribution in [1.82, 2.24) is 10.2 Å². The Morgan fingerprint density at radius 3 is 2.44 bits per heavy atom. The SMILES string of the molecule is Cc1ccc(C2C(C(=O)c3ccco3)C(=O)C(=O)N2c2nnc(C)s2)cc1. The number of anilines is 1. The molecule has 0 saturated carbocycles. The minimum absolute atomic E-state index is 0.0496. The van der Waals surface area contributed by atoms with E-state index in [1.807, 2.05) is 31.2 Å². The van der Waals surface area contributed by atoms with Gasteiger partial charge in [0, 0.05) is 0 Å². The van der Waals surface area contributed by atoms with Gasteiger partial charge in [0.15, 0.2) is 5.76 Å². The Balaban J connectivity index is 1.86. The van der Waals surface area contributed by atoms with Crippen LogP contribution in [-0.2, 0) is 9.59 Å². The molecule has 2 atom stereocenters. The average Bonchev–Trinajstić information content (AvgIpc) is 3.37. The third-order valence-corrected chi connectivity index (χ3v) is 5.33. The Morgan fingerprint density at radius 1 is 1.11 bits per heavy atom. The molecule has 0 radical (unpaired) electrons. The molecule has 0 aliphatic carbocycles. The summed E-state index contributed by atoms with van der Waals surface area (Å²) in [6.07, 6.45) is 1.36. The number of carbonyl (C=O) groups excluding carboxylic acids is 3. The molecule has 27 heavy (non-hydrogen) atoms. The molecule has 1 aromatic carbocycles. The maximum atomic E-state index is 13.0. The van der Waals surface area contributed by atoms with Gasteiger partial charge in [0.25, 0.3) is 5.91 Å². The van der Waals surface area contributed by atoms with E-state index in [2.05, 4.69) is 10.2 Å². The largest absolute Gasteiger partial charge is 0.461 e. The molecule has 4 rings (SSSR count). The molecule has 136 valence electrons. The fourth-order valence-electron chi connectivity index (χ4n) is 3.20. The summed E-state index contributed by atoms with van der Waals surface area (Å²) in [6.45, 7) is 3.70. The molecule has 1 amide bonds. The van der Waals surface area contributed by atoms with Crippen LogP contribution in [0.4, 0.5) is 5.13 Å². The van der Waals surface area contributed by atoms with Crippen molar-refractivity contribution in [2.75, 3.05) is 4.90 Å². The summed E-state index contributed by atoms with van der Waals surface area (Å²) < 4.78 is 5.18. The number of rotatable bonds is 4. The summed E-state index contributed by atoms with van der Waals surface area (Å²) in [5.74, 6) is -3.20. The number of nitrogens with zero attached hydrogens (tertiary/aromatic N) is 3. The summed E-state index contributed by atoms with van der Waals surface area (Å²) in [6, 6.07) is 9.65. The van der Waals surface area contributed by atoms with Crippen LogP contribution in [-0.4, -0.2) is 27.7 Å². The average molecular weight is 381 g/mol. The summed E-state index contributed by atoms with van der Waals surface area (Å²) in [5, 5.41) is 8.92. The van der Waals surface area contributed by atoms with Crippen molar-refractivity contribution in [2.45, 2.75) is 19.9 Å². The van der Waals surface area contributed by atoms with Crippen LogP contribution < -0.4 is 4.90 Å². The number of furan rings is 1. The van der Waals surface area contributed by atoms with Crippen LogP contribution >= 0.6 is 11.3 Å². The molecule has 8 heteroatoms. The predicted molar refractivity (Wildman–Crippen MR) is 97.6 cm³/mol. The van der Waals surface area contributed by atoms with Gasteiger partial charge in [-0.15, -0.1) is 10.2 Å². The Kier molecular flexibility index (Phi) is 4.19. The number of aromatic nitrogens is 2. The van der Waals surface area contributed by atoms with Crippen molar-refractivity contribution >= 4 is 33.9 Å². The number of aryl methyl sites for hydroxylation is 2. The van der Waals surface area contributed by atoms with Crippen molar-refractivity contribution in [3.8, 4) is 0 Å². The fraction of sp³-hybridized carbons (Fsp3) is 0.211. The number of hydrogen-bond donors (Lipinski definition) is 0. The fourth-order valence-corrected chi connectivity index (χ4v) is 3.92. The molecule has 0 N–H and O–H groups in total. The molecular weight excluding hydrogens is 366 g/mol. The monoisotopic (exact) mass is 381 g/mol. The Morgan fingerprint density at radius 2 is 1.85 bits per heavy atom. The van der Waals surface area contributed by atoms with Crippen molar-refractivity contribution in [3.63, 3.8) is 0 Å². The van der Waals surface area contributed by atoms with Crippen LogP contribution in [0.3, 0.4) is 0 Å². The molecule has 7 nitrogen and oxygen atoms in total. The van der Waals surface area contributed by atoms with E-state index in [9.17, 15) is 14.4 Å². The second-order valence-corrected chi connectivity index (χ2v) is 7.48. The highest BCUT2D eigenvalue weighted by molar-refractivity contribution is 7.15. The first-order valence-corrected chi connectivity index (χ1v) is 9.11. The number of amides is 1. The van der Waals surface area contributed by atoms with Crippen LogP contribution in [0.15, 0.2) is 47.1 Å². The predicted octanol–water partition coefficient (Wildman–Crippen LogP) is 2.90. The van der Waals surface area contributed by atoms with Crippen molar-refractivity contribution in [3.05, 3.63) is 64.6 Å². The van der Waals surface area contributed by atoms with Gasteiger partial charge in [-0.3, -0.25) is 19.3 Å². The minimum atomic E-state index is -1.20. The van der Waals surface area contributed by atoms with E-state index in [-0.39, 0.29) is 5.76 Å². The summed E-state index contributed by atoms with van der Waals surface area (Å²) >= 11 is 1.20. The van der Waals surface area contributed by atoms with Gasteiger partial charge in [-0.05, 0) is 31.5 Å². The number of Topliss-reactive ketones (excluding diaryl/α,β-unsaturated/α-hetero) is 2. The third kappa shape index (κ3) is 2.87. The molecule has 1 aliphatic heterocycles. The maximum absolute atomic E-state index is 13.0. The van der Waals surface area contributed by atoms with Crippen molar-refractivity contribution < 1.29 is 18.8 Å². The minimum Gasteiger partial charge on any atom is -0.461 e.